The number of hydrogen-bond donors (Lipinski definition) is 3. The van der Waals surface area contributed by atoms with Crippen molar-refractivity contribution in [1.29, 1.82) is 0 Å². The Balaban J connectivity index is 1.90. The first-order valence-electron chi connectivity index (χ1n) is 7.36. The topological polar surface area (TPSA) is 113 Å². The van der Waals surface area contributed by atoms with Crippen LogP contribution in [0, 0.1) is 11.8 Å². The van der Waals surface area contributed by atoms with E-state index in [0.29, 0.717) is 37.1 Å². The Kier molecular flexibility index (Phi) is 5.25. The van der Waals surface area contributed by atoms with Gasteiger partial charge in [0.1, 0.15) is 0 Å². The van der Waals surface area contributed by atoms with Gasteiger partial charge in [-0.05, 0) is 49.9 Å². The lowest BCUT2D eigenvalue weighted by molar-refractivity contribution is -0.143. The summed E-state index contributed by atoms with van der Waals surface area (Å²) in [5.41, 5.74) is 1.00. The van der Waals surface area contributed by atoms with Crippen LogP contribution in [0.3, 0.4) is 0 Å². The molecule has 2 rings (SSSR count). The van der Waals surface area contributed by atoms with E-state index in [0.717, 1.165) is 6.26 Å². The molecule has 8 heteroatoms. The number of sulfonamides is 1. The normalized spacial score (nSPS) is 21.4. The van der Waals surface area contributed by atoms with Crippen LogP contribution in [-0.4, -0.2) is 31.7 Å². The third-order valence-electron chi connectivity index (χ3n) is 3.90. The first-order valence-corrected chi connectivity index (χ1v) is 9.25. The molecular formula is C15H20N2O5S. The molecule has 1 aliphatic carbocycles. The molecule has 1 fully saturated rings. The Labute approximate surface area is 135 Å². The van der Waals surface area contributed by atoms with Gasteiger partial charge in [0, 0.05) is 17.3 Å². The molecule has 1 aromatic rings. The van der Waals surface area contributed by atoms with E-state index in [2.05, 4.69) is 10.0 Å². The number of carbonyl (C=O) groups is 2. The number of hydrogen-bond acceptors (Lipinski definition) is 4. The van der Waals surface area contributed by atoms with Gasteiger partial charge in [0.05, 0.1) is 12.2 Å². The second-order valence-electron chi connectivity index (χ2n) is 5.83. The number of carboxylic acids is 1. The van der Waals surface area contributed by atoms with E-state index < -0.39 is 16.0 Å². The third-order valence-corrected chi connectivity index (χ3v) is 4.51. The number of benzene rings is 1. The molecule has 126 valence electrons. The van der Waals surface area contributed by atoms with Crippen LogP contribution < -0.4 is 10.0 Å². The molecule has 1 aromatic carbocycles. The van der Waals surface area contributed by atoms with Gasteiger partial charge in [-0.3, -0.25) is 14.3 Å². The van der Waals surface area contributed by atoms with E-state index in [-0.39, 0.29) is 17.7 Å². The summed E-state index contributed by atoms with van der Waals surface area (Å²) in [6.45, 7) is 0. The molecule has 1 amide bonds. The van der Waals surface area contributed by atoms with Gasteiger partial charge in [0.15, 0.2) is 0 Å². The highest BCUT2D eigenvalue weighted by atomic mass is 32.2. The maximum Gasteiger partial charge on any atom is 0.306 e. The first-order chi connectivity index (χ1) is 10.7. The van der Waals surface area contributed by atoms with Crippen LogP contribution in [-0.2, 0) is 19.6 Å². The summed E-state index contributed by atoms with van der Waals surface area (Å²) in [5.74, 6) is -1.45. The molecule has 0 radical (unpaired) electrons. The molecule has 0 atom stereocenters. The van der Waals surface area contributed by atoms with Gasteiger partial charge in [-0.25, -0.2) is 8.42 Å². The number of carbonyl (C=O) groups excluding carboxylic acids is 1. The van der Waals surface area contributed by atoms with Crippen LogP contribution in [0.1, 0.15) is 25.7 Å². The Morgan fingerprint density at radius 2 is 1.48 bits per heavy atom. The van der Waals surface area contributed by atoms with Crippen LogP contribution in [0.25, 0.3) is 0 Å². The SMILES string of the molecule is CS(=O)(=O)Nc1ccc(NC(=O)C2CCC(C(=O)O)CC2)cc1. The smallest absolute Gasteiger partial charge is 0.306 e. The summed E-state index contributed by atoms with van der Waals surface area (Å²) >= 11 is 0. The summed E-state index contributed by atoms with van der Waals surface area (Å²) in [5, 5.41) is 11.7. The van der Waals surface area contributed by atoms with Crippen molar-refractivity contribution in [2.75, 3.05) is 16.3 Å². The fraction of sp³-hybridized carbons (Fsp3) is 0.467. The van der Waals surface area contributed by atoms with Gasteiger partial charge in [0.25, 0.3) is 0 Å². The van der Waals surface area contributed by atoms with Gasteiger partial charge >= 0.3 is 5.97 Å². The molecule has 0 aliphatic heterocycles. The van der Waals surface area contributed by atoms with Gasteiger partial charge in [-0.1, -0.05) is 0 Å². The molecule has 23 heavy (non-hydrogen) atoms. The lowest BCUT2D eigenvalue weighted by Gasteiger charge is -2.25. The second-order valence-corrected chi connectivity index (χ2v) is 7.58. The quantitative estimate of drug-likeness (QED) is 0.757. The van der Waals surface area contributed by atoms with Crippen molar-refractivity contribution >= 4 is 33.3 Å². The van der Waals surface area contributed by atoms with E-state index >= 15 is 0 Å². The van der Waals surface area contributed by atoms with E-state index in [1.54, 1.807) is 24.3 Å². The largest absolute Gasteiger partial charge is 0.481 e. The minimum Gasteiger partial charge on any atom is -0.481 e. The number of anilines is 2. The number of aliphatic carboxylic acids is 1. The molecule has 3 N–H and O–H groups in total. The highest BCUT2D eigenvalue weighted by Gasteiger charge is 2.29. The van der Waals surface area contributed by atoms with Gasteiger partial charge in [0.2, 0.25) is 15.9 Å². The summed E-state index contributed by atoms with van der Waals surface area (Å²) in [7, 11) is -3.33. The Morgan fingerprint density at radius 1 is 1.00 bits per heavy atom. The Bertz CT molecular complexity index is 676. The van der Waals surface area contributed by atoms with Crippen molar-refractivity contribution in [2.24, 2.45) is 11.8 Å². The Hall–Kier alpha value is -2.09. The van der Waals surface area contributed by atoms with E-state index in [1.807, 2.05) is 0 Å². The number of nitrogens with one attached hydrogen (secondary N) is 2. The minimum absolute atomic E-state index is 0.127. The monoisotopic (exact) mass is 340 g/mol. The predicted molar refractivity (Wildman–Crippen MR) is 86.6 cm³/mol. The zero-order valence-electron chi connectivity index (χ0n) is 12.8. The molecule has 0 aromatic heterocycles. The van der Waals surface area contributed by atoms with Crippen LogP contribution in [0.5, 0.6) is 0 Å². The average Bonchev–Trinajstić information content (AvgIpc) is 2.48. The summed E-state index contributed by atoms with van der Waals surface area (Å²) in [6.07, 6.45) is 3.23. The highest BCUT2D eigenvalue weighted by Crippen LogP contribution is 2.30. The maximum absolute atomic E-state index is 12.2. The summed E-state index contributed by atoms with van der Waals surface area (Å²) in [4.78, 5) is 23.1. The molecule has 7 nitrogen and oxygen atoms in total. The van der Waals surface area contributed by atoms with Crippen LogP contribution >= 0.6 is 0 Å². The fourth-order valence-corrected chi connectivity index (χ4v) is 3.25. The number of rotatable bonds is 5. The van der Waals surface area contributed by atoms with Crippen molar-refractivity contribution in [3.05, 3.63) is 24.3 Å². The van der Waals surface area contributed by atoms with Crippen LogP contribution in [0.15, 0.2) is 24.3 Å². The summed E-state index contributed by atoms with van der Waals surface area (Å²) in [6, 6.07) is 6.37. The highest BCUT2D eigenvalue weighted by molar-refractivity contribution is 7.92. The summed E-state index contributed by atoms with van der Waals surface area (Å²) < 4.78 is 24.6. The second kappa shape index (κ2) is 6.99. The van der Waals surface area contributed by atoms with Crippen molar-refractivity contribution in [3.63, 3.8) is 0 Å². The van der Waals surface area contributed by atoms with Crippen molar-refractivity contribution in [1.82, 2.24) is 0 Å². The fourth-order valence-electron chi connectivity index (χ4n) is 2.68. The molecule has 1 saturated carbocycles. The van der Waals surface area contributed by atoms with Crippen molar-refractivity contribution < 1.29 is 23.1 Å². The standard InChI is InChI=1S/C15H20N2O5S/c1-23(21,22)17-13-8-6-12(7-9-13)16-14(18)10-2-4-11(5-3-10)15(19)20/h6-11,17H,2-5H2,1H3,(H,16,18)(H,19,20). The lowest BCUT2D eigenvalue weighted by atomic mass is 9.81. The zero-order valence-corrected chi connectivity index (χ0v) is 13.6. The number of amides is 1. The minimum atomic E-state index is -3.33. The van der Waals surface area contributed by atoms with E-state index in [4.69, 9.17) is 5.11 Å². The molecule has 0 heterocycles. The van der Waals surface area contributed by atoms with Crippen molar-refractivity contribution in [2.45, 2.75) is 25.7 Å². The number of carboxylic acid groups (broad SMARTS) is 1. The van der Waals surface area contributed by atoms with Crippen LogP contribution in [0.2, 0.25) is 0 Å². The van der Waals surface area contributed by atoms with Crippen molar-refractivity contribution in [3.8, 4) is 0 Å². The van der Waals surface area contributed by atoms with Gasteiger partial charge in [-0.15, -0.1) is 0 Å². The molecule has 0 bridgehead atoms. The van der Waals surface area contributed by atoms with Gasteiger partial charge in [-0.2, -0.15) is 0 Å². The maximum atomic E-state index is 12.2. The molecule has 0 saturated heterocycles. The molecular weight excluding hydrogens is 320 g/mol. The predicted octanol–water partition coefficient (Wildman–Crippen LogP) is 1.89. The van der Waals surface area contributed by atoms with E-state index in [9.17, 15) is 18.0 Å². The first kappa shape index (κ1) is 17.3. The molecule has 1 aliphatic rings. The molecule has 0 unspecified atom stereocenters. The average molecular weight is 340 g/mol. The molecule has 0 spiro atoms. The van der Waals surface area contributed by atoms with E-state index in [1.165, 1.54) is 0 Å². The van der Waals surface area contributed by atoms with Crippen LogP contribution in [0.4, 0.5) is 11.4 Å². The third kappa shape index (κ3) is 5.24. The Morgan fingerprint density at radius 3 is 1.96 bits per heavy atom. The zero-order chi connectivity index (χ0) is 17.0. The van der Waals surface area contributed by atoms with Gasteiger partial charge < -0.3 is 10.4 Å². The lowest BCUT2D eigenvalue weighted by Crippen LogP contribution is -2.29.